The van der Waals surface area contributed by atoms with E-state index < -0.39 is 6.17 Å². The van der Waals surface area contributed by atoms with Crippen LogP contribution in [0.15, 0.2) is 24.4 Å². The van der Waals surface area contributed by atoms with Crippen molar-refractivity contribution in [3.05, 3.63) is 45.7 Å². The third-order valence-electron chi connectivity index (χ3n) is 6.02. The molecule has 0 aliphatic carbocycles. The number of hydrogen-bond acceptors (Lipinski definition) is 6. The summed E-state index contributed by atoms with van der Waals surface area (Å²) in [4.78, 5) is 14.9. The highest BCUT2D eigenvalue weighted by atomic mass is 35.5. The standard InChI is InChI=1S/C22H26Cl2FN5O2/c1-13-20(28-15-2-3-16(23)17(24)10-15)11-26-29-21(13)22(31)30-7-4-14(5-8-30)27-19-6-9-32-12-18(19)25/h2-3,10-11,14,18-19,27H,4-9,12H2,1H3,(H,28,29). The van der Waals surface area contributed by atoms with Crippen LogP contribution in [0, 0.1) is 6.92 Å². The minimum absolute atomic E-state index is 0.152. The Labute approximate surface area is 196 Å². The molecular weight excluding hydrogens is 456 g/mol. The Kier molecular flexibility index (Phi) is 7.45. The van der Waals surface area contributed by atoms with Gasteiger partial charge in [0.1, 0.15) is 6.17 Å². The van der Waals surface area contributed by atoms with Gasteiger partial charge in [0.2, 0.25) is 0 Å². The summed E-state index contributed by atoms with van der Waals surface area (Å²) in [5.41, 5.74) is 2.43. The van der Waals surface area contributed by atoms with E-state index in [1.54, 1.807) is 29.3 Å². The van der Waals surface area contributed by atoms with E-state index >= 15 is 0 Å². The fourth-order valence-corrected chi connectivity index (χ4v) is 4.39. The Morgan fingerprint density at radius 3 is 2.72 bits per heavy atom. The van der Waals surface area contributed by atoms with E-state index in [0.29, 0.717) is 53.1 Å². The number of amides is 1. The Morgan fingerprint density at radius 1 is 1.22 bits per heavy atom. The highest BCUT2D eigenvalue weighted by Crippen LogP contribution is 2.28. The molecule has 2 atom stereocenters. The van der Waals surface area contributed by atoms with Gasteiger partial charge in [-0.1, -0.05) is 23.2 Å². The van der Waals surface area contributed by atoms with Crippen molar-refractivity contribution in [1.82, 2.24) is 20.4 Å². The third kappa shape index (κ3) is 5.31. The molecule has 0 bridgehead atoms. The van der Waals surface area contributed by atoms with Crippen molar-refractivity contribution in [2.24, 2.45) is 0 Å². The first-order chi connectivity index (χ1) is 15.4. The van der Waals surface area contributed by atoms with Crippen LogP contribution >= 0.6 is 23.2 Å². The van der Waals surface area contributed by atoms with Crippen LogP contribution < -0.4 is 10.6 Å². The number of benzene rings is 1. The number of ether oxygens (including phenoxy) is 1. The number of piperidine rings is 1. The number of carbonyl (C=O) groups is 1. The number of anilines is 2. The van der Waals surface area contributed by atoms with E-state index in [0.717, 1.165) is 18.5 Å². The van der Waals surface area contributed by atoms with Crippen molar-refractivity contribution < 1.29 is 13.9 Å². The molecule has 2 unspecified atom stereocenters. The Bertz CT molecular complexity index is 971. The number of aromatic nitrogens is 2. The topological polar surface area (TPSA) is 79.4 Å². The molecular formula is C22H26Cl2FN5O2. The maximum absolute atomic E-state index is 14.0. The number of nitrogens with zero attached hydrogens (tertiary/aromatic N) is 3. The van der Waals surface area contributed by atoms with E-state index in [1.807, 2.05) is 6.92 Å². The molecule has 2 aliphatic heterocycles. The Hall–Kier alpha value is -2.00. The van der Waals surface area contributed by atoms with Crippen molar-refractivity contribution in [3.8, 4) is 0 Å². The summed E-state index contributed by atoms with van der Waals surface area (Å²) in [5.74, 6) is -0.152. The molecule has 1 aromatic heterocycles. The normalized spacial score (nSPS) is 22.1. The van der Waals surface area contributed by atoms with Gasteiger partial charge in [-0.3, -0.25) is 4.79 Å². The number of carbonyl (C=O) groups excluding carboxylic acids is 1. The minimum atomic E-state index is -0.980. The zero-order valence-corrected chi connectivity index (χ0v) is 19.3. The lowest BCUT2D eigenvalue weighted by molar-refractivity contribution is 0.00840. The average molecular weight is 482 g/mol. The predicted octanol–water partition coefficient (Wildman–Crippen LogP) is 4.16. The lowest BCUT2D eigenvalue weighted by Crippen LogP contribution is -2.52. The number of likely N-dealkylation sites (tertiary alicyclic amines) is 1. The van der Waals surface area contributed by atoms with Gasteiger partial charge in [0.25, 0.3) is 5.91 Å². The van der Waals surface area contributed by atoms with E-state index in [9.17, 15) is 9.18 Å². The second-order valence-electron chi connectivity index (χ2n) is 8.20. The molecule has 1 amide bonds. The van der Waals surface area contributed by atoms with Crippen LogP contribution in [0.3, 0.4) is 0 Å². The van der Waals surface area contributed by atoms with Crippen LogP contribution in [0.5, 0.6) is 0 Å². The molecule has 2 aliphatic rings. The molecule has 0 saturated carbocycles. The quantitative estimate of drug-likeness (QED) is 0.667. The van der Waals surface area contributed by atoms with Crippen molar-refractivity contribution >= 4 is 40.5 Å². The van der Waals surface area contributed by atoms with Gasteiger partial charge in [-0.15, -0.1) is 5.10 Å². The molecule has 7 nitrogen and oxygen atoms in total. The van der Waals surface area contributed by atoms with Crippen LogP contribution in [0.1, 0.15) is 35.3 Å². The Balaban J connectivity index is 1.38. The largest absolute Gasteiger partial charge is 0.378 e. The summed E-state index contributed by atoms with van der Waals surface area (Å²) in [7, 11) is 0. The molecule has 4 rings (SSSR count). The number of nitrogens with one attached hydrogen (secondary N) is 2. The smallest absolute Gasteiger partial charge is 0.274 e. The van der Waals surface area contributed by atoms with E-state index in [1.165, 1.54) is 0 Å². The van der Waals surface area contributed by atoms with Gasteiger partial charge >= 0.3 is 0 Å². The van der Waals surface area contributed by atoms with E-state index in [2.05, 4.69) is 20.8 Å². The van der Waals surface area contributed by atoms with Gasteiger partial charge in [-0.05, 0) is 44.4 Å². The molecule has 2 aromatic rings. The molecule has 10 heteroatoms. The van der Waals surface area contributed by atoms with Gasteiger partial charge in [0, 0.05) is 43.0 Å². The van der Waals surface area contributed by atoms with Gasteiger partial charge < -0.3 is 20.3 Å². The van der Waals surface area contributed by atoms with Crippen LogP contribution in [-0.2, 0) is 4.74 Å². The highest BCUT2D eigenvalue weighted by Gasteiger charge is 2.31. The monoisotopic (exact) mass is 481 g/mol. The van der Waals surface area contributed by atoms with Crippen molar-refractivity contribution in [2.45, 2.75) is 44.4 Å². The second kappa shape index (κ2) is 10.3. The summed E-state index contributed by atoms with van der Waals surface area (Å²) in [6.45, 7) is 3.74. The fraction of sp³-hybridized carbons (Fsp3) is 0.500. The molecule has 2 fully saturated rings. The maximum atomic E-state index is 14.0. The first-order valence-electron chi connectivity index (χ1n) is 10.7. The van der Waals surface area contributed by atoms with Crippen molar-refractivity contribution in [2.75, 3.05) is 31.6 Å². The predicted molar refractivity (Wildman–Crippen MR) is 123 cm³/mol. The Morgan fingerprint density at radius 2 is 2.00 bits per heavy atom. The highest BCUT2D eigenvalue weighted by molar-refractivity contribution is 6.42. The molecule has 0 spiro atoms. The van der Waals surface area contributed by atoms with E-state index in [-0.39, 0.29) is 24.6 Å². The molecule has 0 radical (unpaired) electrons. The molecule has 32 heavy (non-hydrogen) atoms. The zero-order chi connectivity index (χ0) is 22.7. The number of alkyl halides is 1. The fourth-order valence-electron chi connectivity index (χ4n) is 4.10. The number of halogens is 3. The molecule has 2 N–H and O–H groups in total. The van der Waals surface area contributed by atoms with Crippen LogP contribution in [-0.4, -0.2) is 65.6 Å². The van der Waals surface area contributed by atoms with Gasteiger partial charge in [-0.25, -0.2) is 4.39 Å². The summed E-state index contributed by atoms with van der Waals surface area (Å²) < 4.78 is 19.2. The molecule has 1 aromatic carbocycles. The molecule has 2 saturated heterocycles. The number of rotatable bonds is 5. The minimum Gasteiger partial charge on any atom is -0.378 e. The average Bonchev–Trinajstić information content (AvgIpc) is 2.79. The van der Waals surface area contributed by atoms with Gasteiger partial charge in [-0.2, -0.15) is 5.10 Å². The molecule has 3 heterocycles. The van der Waals surface area contributed by atoms with Crippen LogP contribution in [0.25, 0.3) is 0 Å². The number of hydrogen-bond donors (Lipinski definition) is 2. The lowest BCUT2D eigenvalue weighted by atomic mass is 10.00. The van der Waals surface area contributed by atoms with E-state index in [4.69, 9.17) is 27.9 Å². The zero-order valence-electron chi connectivity index (χ0n) is 17.8. The molecule has 172 valence electrons. The van der Waals surface area contributed by atoms with Crippen molar-refractivity contribution in [3.63, 3.8) is 0 Å². The summed E-state index contributed by atoms with van der Waals surface area (Å²) in [6.07, 6.45) is 2.80. The summed E-state index contributed by atoms with van der Waals surface area (Å²) in [5, 5.41) is 15.7. The van der Waals surface area contributed by atoms with Gasteiger partial charge in [0.05, 0.1) is 28.5 Å². The second-order valence-corrected chi connectivity index (χ2v) is 9.02. The van der Waals surface area contributed by atoms with Crippen molar-refractivity contribution in [1.29, 1.82) is 0 Å². The van der Waals surface area contributed by atoms with Crippen LogP contribution in [0.2, 0.25) is 10.0 Å². The third-order valence-corrected chi connectivity index (χ3v) is 6.76. The summed E-state index contributed by atoms with van der Waals surface area (Å²) >= 11 is 12.1. The first kappa shape index (κ1) is 23.2. The maximum Gasteiger partial charge on any atom is 0.274 e. The first-order valence-corrected chi connectivity index (χ1v) is 11.5. The SMILES string of the molecule is Cc1c(Nc2ccc(Cl)c(Cl)c2)cnnc1C(=O)N1CCC(NC2CCOCC2F)CC1. The van der Waals surface area contributed by atoms with Gasteiger partial charge in [0.15, 0.2) is 5.69 Å². The summed E-state index contributed by atoms with van der Waals surface area (Å²) in [6, 6.07) is 5.23. The lowest BCUT2D eigenvalue weighted by Gasteiger charge is -2.36. The van der Waals surface area contributed by atoms with Crippen LogP contribution in [0.4, 0.5) is 15.8 Å².